The second kappa shape index (κ2) is 7.26. The standard InChI is InChI=1S/C15H20Br2O2/c1-3-5-6-7-12-15-9-14(19-15)11(17)8-13(18-12)10(16)4-2/h1,5-6,10-15H,4,7-9H2,2H3/b6-5-/t10-,11+,12-,13+,14+,15-/m0/s1. The highest BCUT2D eigenvalue weighted by Crippen LogP contribution is 2.39. The van der Waals surface area contributed by atoms with Gasteiger partial charge in [0.15, 0.2) is 0 Å². The molecule has 4 heteroatoms. The Bertz CT molecular complexity index is 358. The number of halogens is 2. The SMILES string of the molecule is C#C/C=C\C[C@@H]1O[C@@H]([C@@H](Br)CC)C[C@@H](Br)[C@H]2C[C@@H]1O2. The zero-order valence-electron chi connectivity index (χ0n) is 11.1. The summed E-state index contributed by atoms with van der Waals surface area (Å²) in [5.74, 6) is 2.52. The minimum absolute atomic E-state index is 0.123. The minimum atomic E-state index is 0.123. The van der Waals surface area contributed by atoms with Crippen molar-refractivity contribution >= 4 is 31.9 Å². The van der Waals surface area contributed by atoms with Gasteiger partial charge in [-0.2, -0.15) is 0 Å². The van der Waals surface area contributed by atoms with Gasteiger partial charge in [-0.3, -0.25) is 0 Å². The van der Waals surface area contributed by atoms with Crippen LogP contribution >= 0.6 is 31.9 Å². The third kappa shape index (κ3) is 3.85. The molecule has 0 unspecified atom stereocenters. The Morgan fingerprint density at radius 3 is 2.74 bits per heavy atom. The van der Waals surface area contributed by atoms with Crippen LogP contribution in [0.3, 0.4) is 0 Å². The summed E-state index contributed by atoms with van der Waals surface area (Å²) in [5.41, 5.74) is 0. The number of rotatable bonds is 4. The Hall–Kier alpha value is 0.180. The molecule has 3 aliphatic rings. The molecule has 2 bridgehead atoms. The van der Waals surface area contributed by atoms with E-state index in [1.165, 1.54) is 0 Å². The van der Waals surface area contributed by atoms with Crippen LogP contribution < -0.4 is 0 Å². The van der Waals surface area contributed by atoms with Crippen LogP contribution in [0.4, 0.5) is 0 Å². The molecule has 0 aromatic carbocycles. The quantitative estimate of drug-likeness (QED) is 0.535. The summed E-state index contributed by atoms with van der Waals surface area (Å²) < 4.78 is 12.2. The predicted molar refractivity (Wildman–Crippen MR) is 84.9 cm³/mol. The number of fused-ring (bicyclic) bond motifs is 4. The highest BCUT2D eigenvalue weighted by Gasteiger charge is 2.44. The number of hydrogen-bond donors (Lipinski definition) is 0. The van der Waals surface area contributed by atoms with Gasteiger partial charge in [-0.15, -0.1) is 6.42 Å². The zero-order valence-corrected chi connectivity index (χ0v) is 14.3. The third-order valence-electron chi connectivity index (χ3n) is 3.82. The number of hydrogen-bond acceptors (Lipinski definition) is 2. The highest BCUT2D eigenvalue weighted by molar-refractivity contribution is 9.09. The van der Waals surface area contributed by atoms with Crippen molar-refractivity contribution in [1.29, 1.82) is 0 Å². The molecule has 3 heterocycles. The minimum Gasteiger partial charge on any atom is -0.371 e. The van der Waals surface area contributed by atoms with Crippen molar-refractivity contribution in [1.82, 2.24) is 0 Å². The van der Waals surface area contributed by atoms with E-state index in [4.69, 9.17) is 15.9 Å². The lowest BCUT2D eigenvalue weighted by Gasteiger charge is -2.47. The average Bonchev–Trinajstić information content (AvgIpc) is 2.32. The maximum absolute atomic E-state index is 6.29. The normalized spacial score (nSPS) is 40.0. The van der Waals surface area contributed by atoms with Crippen molar-refractivity contribution in [2.75, 3.05) is 0 Å². The number of terminal acetylenes is 1. The molecule has 106 valence electrons. The van der Waals surface area contributed by atoms with Crippen LogP contribution in [0.5, 0.6) is 0 Å². The molecule has 0 radical (unpaired) electrons. The van der Waals surface area contributed by atoms with Gasteiger partial charge in [0.25, 0.3) is 0 Å². The fourth-order valence-corrected chi connectivity index (χ4v) is 3.68. The summed E-state index contributed by atoms with van der Waals surface area (Å²) >= 11 is 7.46. The van der Waals surface area contributed by atoms with Gasteiger partial charge in [-0.1, -0.05) is 50.8 Å². The van der Waals surface area contributed by atoms with Crippen LogP contribution in [0.15, 0.2) is 12.2 Å². The van der Waals surface area contributed by atoms with Crippen molar-refractivity contribution in [3.63, 3.8) is 0 Å². The molecular formula is C15H20Br2O2. The first kappa shape index (κ1) is 15.6. The van der Waals surface area contributed by atoms with Crippen molar-refractivity contribution in [2.24, 2.45) is 0 Å². The second-order valence-corrected chi connectivity index (χ2v) is 7.49. The average molecular weight is 392 g/mol. The summed E-state index contributed by atoms with van der Waals surface area (Å²) in [4.78, 5) is 0.784. The van der Waals surface area contributed by atoms with Gasteiger partial charge in [-0.25, -0.2) is 0 Å². The molecule has 0 aromatic heterocycles. The van der Waals surface area contributed by atoms with Gasteiger partial charge >= 0.3 is 0 Å². The summed E-state index contributed by atoms with van der Waals surface area (Å²) in [6, 6.07) is 0. The molecule has 0 amide bonds. The largest absolute Gasteiger partial charge is 0.371 e. The second-order valence-electron chi connectivity index (χ2n) is 5.14. The predicted octanol–water partition coefficient (Wildman–Crippen LogP) is 3.82. The van der Waals surface area contributed by atoms with Crippen LogP contribution in [0.25, 0.3) is 0 Å². The summed E-state index contributed by atoms with van der Waals surface area (Å²) in [7, 11) is 0. The van der Waals surface area contributed by atoms with Crippen molar-refractivity contribution in [2.45, 2.75) is 66.7 Å². The maximum Gasteiger partial charge on any atom is 0.0876 e. The van der Waals surface area contributed by atoms with Gasteiger partial charge in [0.05, 0.1) is 24.4 Å². The molecule has 0 aromatic rings. The molecule has 6 atom stereocenters. The van der Waals surface area contributed by atoms with Crippen molar-refractivity contribution in [3.8, 4) is 12.3 Å². The van der Waals surface area contributed by atoms with E-state index in [0.29, 0.717) is 15.8 Å². The molecule has 19 heavy (non-hydrogen) atoms. The van der Waals surface area contributed by atoms with E-state index in [1.807, 2.05) is 6.08 Å². The third-order valence-corrected chi connectivity index (χ3v) is 6.02. The fourth-order valence-electron chi connectivity index (χ4n) is 2.63. The van der Waals surface area contributed by atoms with Crippen molar-refractivity contribution < 1.29 is 9.47 Å². The first-order valence-corrected chi connectivity index (χ1v) is 8.69. The number of allylic oxidation sites excluding steroid dienone is 1. The molecule has 0 spiro atoms. The topological polar surface area (TPSA) is 18.5 Å². The molecule has 3 aliphatic heterocycles. The van der Waals surface area contributed by atoms with Gasteiger partial charge in [0.1, 0.15) is 0 Å². The zero-order chi connectivity index (χ0) is 13.8. The van der Waals surface area contributed by atoms with Gasteiger partial charge < -0.3 is 9.47 Å². The van der Waals surface area contributed by atoms with E-state index in [0.717, 1.165) is 25.7 Å². The van der Waals surface area contributed by atoms with Crippen LogP contribution in [0, 0.1) is 12.3 Å². The first-order valence-electron chi connectivity index (χ1n) is 6.85. The lowest BCUT2D eigenvalue weighted by molar-refractivity contribution is -0.213. The molecule has 2 nitrogen and oxygen atoms in total. The van der Waals surface area contributed by atoms with E-state index >= 15 is 0 Å². The molecule has 3 rings (SSSR count). The fraction of sp³-hybridized carbons (Fsp3) is 0.733. The Labute approximate surface area is 132 Å². The van der Waals surface area contributed by atoms with Gasteiger partial charge in [0.2, 0.25) is 0 Å². The van der Waals surface area contributed by atoms with E-state index in [9.17, 15) is 0 Å². The smallest absolute Gasteiger partial charge is 0.0876 e. The number of alkyl halides is 2. The highest BCUT2D eigenvalue weighted by atomic mass is 79.9. The number of ether oxygens (including phenoxy) is 2. The lowest BCUT2D eigenvalue weighted by atomic mass is 9.90. The molecule has 0 N–H and O–H groups in total. The molecular weight excluding hydrogens is 372 g/mol. The lowest BCUT2D eigenvalue weighted by Crippen LogP contribution is -2.55. The van der Waals surface area contributed by atoms with Crippen molar-refractivity contribution in [3.05, 3.63) is 12.2 Å². The summed E-state index contributed by atoms with van der Waals surface area (Å²) in [5, 5.41) is 0. The van der Waals surface area contributed by atoms with Crippen LogP contribution in [0.2, 0.25) is 0 Å². The van der Waals surface area contributed by atoms with Gasteiger partial charge in [0, 0.05) is 16.1 Å². The van der Waals surface area contributed by atoms with E-state index in [-0.39, 0.29) is 18.3 Å². The van der Waals surface area contributed by atoms with Crippen LogP contribution in [-0.2, 0) is 9.47 Å². The summed E-state index contributed by atoms with van der Waals surface area (Å²) in [6.45, 7) is 2.18. The first-order chi connectivity index (χ1) is 9.15. The Morgan fingerprint density at radius 1 is 1.37 bits per heavy atom. The molecule has 0 aliphatic carbocycles. The Morgan fingerprint density at radius 2 is 2.11 bits per heavy atom. The summed E-state index contributed by atoms with van der Waals surface area (Å²) in [6.07, 6.45) is 13.8. The maximum atomic E-state index is 6.29. The Balaban J connectivity index is 2.02. The van der Waals surface area contributed by atoms with E-state index in [2.05, 4.69) is 44.7 Å². The molecule has 3 fully saturated rings. The molecule has 3 saturated heterocycles. The molecule has 0 saturated carbocycles. The van der Waals surface area contributed by atoms with Crippen LogP contribution in [-0.4, -0.2) is 34.1 Å². The Kier molecular flexibility index (Phi) is 5.95. The van der Waals surface area contributed by atoms with Crippen LogP contribution in [0.1, 0.15) is 32.6 Å². The monoisotopic (exact) mass is 390 g/mol. The van der Waals surface area contributed by atoms with Gasteiger partial charge in [-0.05, 0) is 25.3 Å². The van der Waals surface area contributed by atoms with E-state index in [1.54, 1.807) is 6.08 Å². The van der Waals surface area contributed by atoms with E-state index < -0.39 is 0 Å².